The Balaban J connectivity index is 1.40. The van der Waals surface area contributed by atoms with E-state index in [1.165, 1.54) is 38.5 Å². The second-order valence-corrected chi connectivity index (χ2v) is 8.17. The van der Waals surface area contributed by atoms with Gasteiger partial charge in [0.05, 0.1) is 0 Å². The van der Waals surface area contributed by atoms with Crippen LogP contribution in [-0.4, -0.2) is 20.5 Å². The summed E-state index contributed by atoms with van der Waals surface area (Å²) in [6, 6.07) is 3.79. The van der Waals surface area contributed by atoms with Crippen LogP contribution in [0.5, 0.6) is 0 Å². The number of nitrogens with one attached hydrogen (secondary N) is 2. The zero-order chi connectivity index (χ0) is 16.9. The van der Waals surface area contributed by atoms with Gasteiger partial charge in [0.25, 0.3) is 0 Å². The van der Waals surface area contributed by atoms with Gasteiger partial charge in [0.2, 0.25) is 0 Å². The van der Waals surface area contributed by atoms with Gasteiger partial charge >= 0.3 is 0 Å². The Morgan fingerprint density at radius 3 is 2.16 bits per heavy atom. The summed E-state index contributed by atoms with van der Waals surface area (Å²) in [5.74, 6) is 4.07. The number of nitrogens with zero attached hydrogens (tertiary/aromatic N) is 3. The van der Waals surface area contributed by atoms with Crippen molar-refractivity contribution >= 4 is 23.0 Å². The van der Waals surface area contributed by atoms with E-state index in [9.17, 15) is 0 Å². The van der Waals surface area contributed by atoms with Crippen LogP contribution < -0.4 is 16.4 Å². The summed E-state index contributed by atoms with van der Waals surface area (Å²) in [4.78, 5) is 12.8. The van der Waals surface area contributed by atoms with Gasteiger partial charge in [0, 0.05) is 23.6 Å². The molecule has 0 saturated heterocycles. The molecule has 2 aromatic rings. The molecular formula is C19H24N6. The maximum atomic E-state index is 6.39. The van der Waals surface area contributed by atoms with Crippen LogP contribution in [0.1, 0.15) is 38.5 Å². The summed E-state index contributed by atoms with van der Waals surface area (Å²) in [5, 5.41) is 7.02. The molecule has 4 aliphatic carbocycles. The predicted octanol–water partition coefficient (Wildman–Crippen LogP) is 3.58. The van der Waals surface area contributed by atoms with Gasteiger partial charge in [0.1, 0.15) is 12.0 Å². The molecule has 0 aliphatic heterocycles. The van der Waals surface area contributed by atoms with E-state index in [4.69, 9.17) is 5.73 Å². The minimum absolute atomic E-state index is 0.186. The van der Waals surface area contributed by atoms with Crippen molar-refractivity contribution in [1.82, 2.24) is 15.0 Å². The quantitative estimate of drug-likeness (QED) is 0.791. The molecular weight excluding hydrogens is 312 g/mol. The van der Waals surface area contributed by atoms with Crippen molar-refractivity contribution in [2.45, 2.75) is 44.1 Å². The van der Waals surface area contributed by atoms with E-state index in [0.717, 1.165) is 29.3 Å². The molecule has 6 heteroatoms. The zero-order valence-corrected chi connectivity index (χ0v) is 14.3. The summed E-state index contributed by atoms with van der Waals surface area (Å²) in [7, 11) is 0. The van der Waals surface area contributed by atoms with Gasteiger partial charge in [-0.05, 0) is 68.4 Å². The topological polar surface area (TPSA) is 88.8 Å². The highest BCUT2D eigenvalue weighted by atomic mass is 15.1. The predicted molar refractivity (Wildman–Crippen MR) is 98.5 cm³/mol. The third kappa shape index (κ3) is 2.69. The minimum Gasteiger partial charge on any atom is -0.393 e. The number of pyridine rings is 1. The summed E-state index contributed by atoms with van der Waals surface area (Å²) in [6.07, 6.45) is 13.1. The van der Waals surface area contributed by atoms with Gasteiger partial charge in [-0.25, -0.2) is 9.97 Å². The lowest BCUT2D eigenvalue weighted by Gasteiger charge is -2.57. The summed E-state index contributed by atoms with van der Waals surface area (Å²) < 4.78 is 0. The number of aromatic nitrogens is 3. The molecule has 0 radical (unpaired) electrons. The number of hydrogen-bond acceptors (Lipinski definition) is 6. The second-order valence-electron chi connectivity index (χ2n) is 8.17. The van der Waals surface area contributed by atoms with E-state index in [-0.39, 0.29) is 5.54 Å². The number of nitrogen functional groups attached to an aromatic ring is 1. The summed E-state index contributed by atoms with van der Waals surface area (Å²) in [6.45, 7) is 0. The first-order chi connectivity index (χ1) is 12.2. The Morgan fingerprint density at radius 1 is 0.920 bits per heavy atom. The smallest absolute Gasteiger partial charge is 0.159 e. The van der Waals surface area contributed by atoms with Crippen molar-refractivity contribution in [3.63, 3.8) is 0 Å². The molecule has 2 heterocycles. The Kier molecular flexibility index (Phi) is 3.33. The van der Waals surface area contributed by atoms with E-state index < -0.39 is 0 Å². The van der Waals surface area contributed by atoms with Crippen molar-refractivity contribution in [1.29, 1.82) is 0 Å². The maximum absolute atomic E-state index is 6.39. The average molecular weight is 336 g/mol. The molecule has 4 aliphatic rings. The first-order valence-corrected chi connectivity index (χ1v) is 9.25. The first-order valence-electron chi connectivity index (χ1n) is 9.25. The monoisotopic (exact) mass is 336 g/mol. The van der Waals surface area contributed by atoms with Crippen molar-refractivity contribution in [2.24, 2.45) is 17.8 Å². The maximum Gasteiger partial charge on any atom is 0.159 e. The van der Waals surface area contributed by atoms with E-state index in [2.05, 4.69) is 25.6 Å². The normalized spacial score (nSPS) is 32.6. The third-order valence-corrected chi connectivity index (χ3v) is 6.25. The number of rotatable bonds is 4. The lowest BCUT2D eigenvalue weighted by molar-refractivity contribution is 0.0106. The van der Waals surface area contributed by atoms with Crippen molar-refractivity contribution in [3.8, 4) is 0 Å². The van der Waals surface area contributed by atoms with Crippen LogP contribution in [0.4, 0.5) is 23.0 Å². The highest BCUT2D eigenvalue weighted by molar-refractivity contribution is 5.77. The van der Waals surface area contributed by atoms with Crippen LogP contribution >= 0.6 is 0 Å². The van der Waals surface area contributed by atoms with E-state index in [1.807, 2.05) is 12.1 Å². The molecule has 0 atom stereocenters. The van der Waals surface area contributed by atoms with Crippen molar-refractivity contribution < 1.29 is 0 Å². The van der Waals surface area contributed by atoms with Gasteiger partial charge in [0.15, 0.2) is 11.6 Å². The molecule has 6 rings (SSSR count). The SMILES string of the molecule is Nc1c(Nc2ccncc2)ncnc1NC12CC3CC(CC(C3)C1)C2. The lowest BCUT2D eigenvalue weighted by atomic mass is 9.53. The van der Waals surface area contributed by atoms with Crippen LogP contribution in [0, 0.1) is 17.8 Å². The molecule has 25 heavy (non-hydrogen) atoms. The zero-order valence-electron chi connectivity index (χ0n) is 14.3. The summed E-state index contributed by atoms with van der Waals surface area (Å²) >= 11 is 0. The highest BCUT2D eigenvalue weighted by Crippen LogP contribution is 2.56. The molecule has 0 aromatic carbocycles. The van der Waals surface area contributed by atoms with Crippen LogP contribution in [0.2, 0.25) is 0 Å². The molecule has 0 amide bonds. The molecule has 4 bridgehead atoms. The van der Waals surface area contributed by atoms with Crippen LogP contribution in [0.25, 0.3) is 0 Å². The first kappa shape index (κ1) is 14.9. The standard InChI is InChI=1S/C19H24N6/c20-16-17(24-15-1-3-21-4-2-15)22-11-23-18(16)25-19-8-12-5-13(9-19)7-14(6-12)10-19/h1-4,11-14H,5-10,20H2,(H2,21,22,23,24,25). The molecule has 4 fully saturated rings. The summed E-state index contributed by atoms with van der Waals surface area (Å²) in [5.41, 5.74) is 8.09. The molecule has 4 N–H and O–H groups in total. The van der Waals surface area contributed by atoms with Crippen molar-refractivity contribution in [3.05, 3.63) is 30.9 Å². The fraction of sp³-hybridized carbons (Fsp3) is 0.526. The lowest BCUT2D eigenvalue weighted by Crippen LogP contribution is -2.55. The number of nitrogens with two attached hydrogens (primary N) is 1. The minimum atomic E-state index is 0.186. The molecule has 4 saturated carbocycles. The third-order valence-electron chi connectivity index (χ3n) is 6.25. The Bertz CT molecular complexity index is 739. The molecule has 2 aromatic heterocycles. The van der Waals surface area contributed by atoms with Gasteiger partial charge in [-0.3, -0.25) is 4.98 Å². The average Bonchev–Trinajstić information content (AvgIpc) is 2.58. The molecule has 0 unspecified atom stereocenters. The van der Waals surface area contributed by atoms with Crippen LogP contribution in [0.3, 0.4) is 0 Å². The number of anilines is 4. The largest absolute Gasteiger partial charge is 0.393 e. The Hall–Kier alpha value is -2.37. The fourth-order valence-corrected chi connectivity index (χ4v) is 5.68. The van der Waals surface area contributed by atoms with E-state index in [0.29, 0.717) is 11.5 Å². The molecule has 0 spiro atoms. The van der Waals surface area contributed by atoms with Gasteiger partial charge in [-0.1, -0.05) is 0 Å². The fourth-order valence-electron chi connectivity index (χ4n) is 5.68. The van der Waals surface area contributed by atoms with E-state index >= 15 is 0 Å². The van der Waals surface area contributed by atoms with Gasteiger partial charge in [-0.15, -0.1) is 0 Å². The van der Waals surface area contributed by atoms with Gasteiger partial charge < -0.3 is 16.4 Å². The second kappa shape index (κ2) is 5.58. The Morgan fingerprint density at radius 2 is 1.52 bits per heavy atom. The van der Waals surface area contributed by atoms with Crippen LogP contribution in [0.15, 0.2) is 30.9 Å². The van der Waals surface area contributed by atoms with Crippen molar-refractivity contribution in [2.75, 3.05) is 16.4 Å². The number of hydrogen-bond donors (Lipinski definition) is 3. The Labute approximate surface area is 147 Å². The molecule has 130 valence electrons. The molecule has 6 nitrogen and oxygen atoms in total. The van der Waals surface area contributed by atoms with Gasteiger partial charge in [-0.2, -0.15) is 0 Å². The van der Waals surface area contributed by atoms with E-state index in [1.54, 1.807) is 18.7 Å². The van der Waals surface area contributed by atoms with Crippen LogP contribution in [-0.2, 0) is 0 Å². The highest BCUT2D eigenvalue weighted by Gasteiger charge is 2.51.